The van der Waals surface area contributed by atoms with Crippen molar-refractivity contribution >= 4 is 5.97 Å². The Hall–Kier alpha value is -1.45. The van der Waals surface area contributed by atoms with E-state index < -0.39 is 5.41 Å². The van der Waals surface area contributed by atoms with E-state index in [0.29, 0.717) is 5.82 Å². The van der Waals surface area contributed by atoms with Crippen molar-refractivity contribution < 1.29 is 9.53 Å². The monoisotopic (exact) mass is 206 g/mol. The number of methoxy groups -OCH3 is 1. The number of hydrogen-bond donors (Lipinski definition) is 0. The Bertz CT molecular complexity index is 345. The molecule has 0 spiro atoms. The molecule has 0 N–H and O–H groups in total. The molecular weight excluding hydrogens is 192 g/mol. The first-order valence-electron chi connectivity index (χ1n) is 5.15. The van der Waals surface area contributed by atoms with Gasteiger partial charge >= 0.3 is 5.97 Å². The lowest BCUT2D eigenvalue weighted by atomic mass is 9.85. The van der Waals surface area contributed by atoms with Crippen molar-refractivity contribution in [2.75, 3.05) is 7.11 Å². The molecule has 0 amide bonds. The van der Waals surface area contributed by atoms with Gasteiger partial charge < -0.3 is 4.74 Å². The van der Waals surface area contributed by atoms with Crippen molar-refractivity contribution in [3.63, 3.8) is 0 Å². The number of carbonyl (C=O) groups is 1. The zero-order valence-corrected chi connectivity index (χ0v) is 8.77. The predicted molar refractivity (Wildman–Crippen MR) is 54.2 cm³/mol. The van der Waals surface area contributed by atoms with Gasteiger partial charge in [-0.2, -0.15) is 0 Å². The molecule has 80 valence electrons. The molecule has 0 saturated heterocycles. The van der Waals surface area contributed by atoms with Crippen molar-refractivity contribution in [2.45, 2.75) is 31.1 Å². The minimum atomic E-state index is -0.587. The van der Waals surface area contributed by atoms with Gasteiger partial charge in [-0.15, -0.1) is 0 Å². The number of ether oxygens (including phenoxy) is 1. The van der Waals surface area contributed by atoms with Crippen LogP contribution in [0.3, 0.4) is 0 Å². The highest BCUT2D eigenvalue weighted by molar-refractivity contribution is 5.82. The lowest BCUT2D eigenvalue weighted by Gasteiger charge is -2.23. The fraction of sp³-hybridized carbons (Fsp3) is 0.545. The third-order valence-corrected chi connectivity index (χ3v) is 3.03. The number of nitrogens with zero attached hydrogens (tertiary/aromatic N) is 2. The number of hydrogen-bond acceptors (Lipinski definition) is 4. The van der Waals surface area contributed by atoms with Crippen LogP contribution < -0.4 is 0 Å². The molecule has 2 rings (SSSR count). The largest absolute Gasteiger partial charge is 0.468 e. The van der Waals surface area contributed by atoms with E-state index in [1.165, 1.54) is 7.11 Å². The first-order chi connectivity index (χ1) is 7.29. The smallest absolute Gasteiger partial charge is 0.319 e. The lowest BCUT2D eigenvalue weighted by molar-refractivity contribution is -0.147. The summed E-state index contributed by atoms with van der Waals surface area (Å²) in [6.45, 7) is 0. The summed E-state index contributed by atoms with van der Waals surface area (Å²) in [5.74, 6) is 0.403. The first-order valence-corrected chi connectivity index (χ1v) is 5.15. The number of carbonyl (C=O) groups excluding carboxylic acids is 1. The number of rotatable bonds is 2. The Morgan fingerprint density at radius 2 is 1.93 bits per heavy atom. The molecular formula is C11H14N2O2. The van der Waals surface area contributed by atoms with Crippen molar-refractivity contribution in [1.82, 2.24) is 9.97 Å². The molecule has 15 heavy (non-hydrogen) atoms. The van der Waals surface area contributed by atoms with Crippen LogP contribution >= 0.6 is 0 Å². The van der Waals surface area contributed by atoms with E-state index in [1.54, 1.807) is 18.5 Å². The molecule has 4 heteroatoms. The van der Waals surface area contributed by atoms with Crippen LogP contribution in [0.2, 0.25) is 0 Å². The summed E-state index contributed by atoms with van der Waals surface area (Å²) >= 11 is 0. The molecule has 1 aliphatic rings. The molecule has 1 fully saturated rings. The van der Waals surface area contributed by atoms with Gasteiger partial charge in [0.1, 0.15) is 11.2 Å². The van der Waals surface area contributed by atoms with Crippen LogP contribution in [-0.2, 0) is 14.9 Å². The second-order valence-corrected chi connectivity index (χ2v) is 3.85. The SMILES string of the molecule is COC(=O)C1(c2ncccn2)CCCC1. The summed E-state index contributed by atoms with van der Waals surface area (Å²) < 4.78 is 4.87. The number of esters is 1. The van der Waals surface area contributed by atoms with E-state index >= 15 is 0 Å². The molecule has 0 atom stereocenters. The molecule has 4 nitrogen and oxygen atoms in total. The van der Waals surface area contributed by atoms with Crippen LogP contribution in [0.5, 0.6) is 0 Å². The summed E-state index contributed by atoms with van der Waals surface area (Å²) in [5.41, 5.74) is -0.587. The Balaban J connectivity index is 2.39. The molecule has 0 bridgehead atoms. The Labute approximate surface area is 88.7 Å². The molecule has 1 aromatic rings. The van der Waals surface area contributed by atoms with Gasteiger partial charge in [-0.25, -0.2) is 9.97 Å². The van der Waals surface area contributed by atoms with Crippen LogP contribution in [0.25, 0.3) is 0 Å². The minimum absolute atomic E-state index is 0.203. The highest BCUT2D eigenvalue weighted by Gasteiger charge is 2.46. The van der Waals surface area contributed by atoms with Gasteiger partial charge in [-0.1, -0.05) is 12.8 Å². The van der Waals surface area contributed by atoms with Gasteiger partial charge in [0, 0.05) is 12.4 Å². The van der Waals surface area contributed by atoms with E-state index in [-0.39, 0.29) is 5.97 Å². The highest BCUT2D eigenvalue weighted by Crippen LogP contribution is 2.40. The first kappa shape index (κ1) is 10.1. The second kappa shape index (κ2) is 3.96. The summed E-state index contributed by atoms with van der Waals surface area (Å²) in [7, 11) is 1.42. The quantitative estimate of drug-likeness (QED) is 0.687. The zero-order valence-electron chi connectivity index (χ0n) is 8.77. The van der Waals surface area contributed by atoms with Crippen molar-refractivity contribution in [1.29, 1.82) is 0 Å². The van der Waals surface area contributed by atoms with Crippen LogP contribution in [0.4, 0.5) is 0 Å². The minimum Gasteiger partial charge on any atom is -0.468 e. The van der Waals surface area contributed by atoms with E-state index in [9.17, 15) is 4.79 Å². The molecule has 1 saturated carbocycles. The fourth-order valence-electron chi connectivity index (χ4n) is 2.24. The van der Waals surface area contributed by atoms with Crippen molar-refractivity contribution in [3.8, 4) is 0 Å². The van der Waals surface area contributed by atoms with Crippen molar-refractivity contribution in [3.05, 3.63) is 24.3 Å². The van der Waals surface area contributed by atoms with E-state index in [1.807, 2.05) is 0 Å². The molecule has 1 aromatic heterocycles. The molecule has 0 unspecified atom stereocenters. The summed E-state index contributed by atoms with van der Waals surface area (Å²) in [6.07, 6.45) is 7.00. The third-order valence-electron chi connectivity index (χ3n) is 3.03. The van der Waals surface area contributed by atoms with Crippen LogP contribution in [0.1, 0.15) is 31.5 Å². The van der Waals surface area contributed by atoms with E-state index in [2.05, 4.69) is 9.97 Å². The predicted octanol–water partition coefficient (Wildman–Crippen LogP) is 1.46. The maximum Gasteiger partial charge on any atom is 0.319 e. The van der Waals surface area contributed by atoms with Gasteiger partial charge in [0.15, 0.2) is 0 Å². The molecule has 1 heterocycles. The summed E-state index contributed by atoms with van der Waals surface area (Å²) in [5, 5.41) is 0. The van der Waals surface area contributed by atoms with E-state index in [4.69, 9.17) is 4.74 Å². The van der Waals surface area contributed by atoms with Crippen LogP contribution in [0, 0.1) is 0 Å². The molecule has 1 aliphatic carbocycles. The van der Waals surface area contributed by atoms with Crippen LogP contribution in [-0.4, -0.2) is 23.0 Å². The second-order valence-electron chi connectivity index (χ2n) is 3.85. The Kier molecular flexibility index (Phi) is 2.66. The molecule has 0 aliphatic heterocycles. The average molecular weight is 206 g/mol. The average Bonchev–Trinajstić information content (AvgIpc) is 2.79. The summed E-state index contributed by atoms with van der Waals surface area (Å²) in [4.78, 5) is 20.2. The Morgan fingerprint density at radius 3 is 2.47 bits per heavy atom. The maximum atomic E-state index is 11.8. The number of aromatic nitrogens is 2. The van der Waals surface area contributed by atoms with Gasteiger partial charge in [0.2, 0.25) is 0 Å². The third kappa shape index (κ3) is 1.60. The summed E-state index contributed by atoms with van der Waals surface area (Å²) in [6, 6.07) is 1.75. The van der Waals surface area contributed by atoms with Gasteiger partial charge in [0.25, 0.3) is 0 Å². The normalized spacial score (nSPS) is 18.7. The van der Waals surface area contributed by atoms with Gasteiger partial charge in [0.05, 0.1) is 7.11 Å². The Morgan fingerprint density at radius 1 is 1.33 bits per heavy atom. The standard InChI is InChI=1S/C11H14N2O2/c1-15-10(14)11(5-2-3-6-11)9-12-7-4-8-13-9/h4,7-8H,2-3,5-6H2,1H3. The highest BCUT2D eigenvalue weighted by atomic mass is 16.5. The van der Waals surface area contributed by atoms with Crippen LogP contribution in [0.15, 0.2) is 18.5 Å². The topological polar surface area (TPSA) is 52.1 Å². The zero-order chi connectivity index (χ0) is 10.7. The maximum absolute atomic E-state index is 11.8. The van der Waals surface area contributed by atoms with Gasteiger partial charge in [-0.05, 0) is 18.9 Å². The van der Waals surface area contributed by atoms with Crippen molar-refractivity contribution in [2.24, 2.45) is 0 Å². The van der Waals surface area contributed by atoms with E-state index in [0.717, 1.165) is 25.7 Å². The molecule has 0 aromatic carbocycles. The lowest BCUT2D eigenvalue weighted by Crippen LogP contribution is -2.35. The molecule has 0 radical (unpaired) electrons. The van der Waals surface area contributed by atoms with Gasteiger partial charge in [-0.3, -0.25) is 4.79 Å². The fourth-order valence-corrected chi connectivity index (χ4v) is 2.24.